The van der Waals surface area contributed by atoms with E-state index in [1.807, 2.05) is 31.2 Å². The van der Waals surface area contributed by atoms with Crippen LogP contribution in [0.4, 0.5) is 28.9 Å². The molecule has 2 aromatic carbocycles. The largest absolute Gasteiger partial charge is 0.420 e. The number of rotatable bonds is 15. The number of benzene rings is 2. The van der Waals surface area contributed by atoms with Gasteiger partial charge < -0.3 is 45.5 Å². The zero-order valence-electron chi connectivity index (χ0n) is 34.9. The van der Waals surface area contributed by atoms with Crippen molar-refractivity contribution in [1.82, 2.24) is 20.1 Å². The van der Waals surface area contributed by atoms with E-state index in [1.165, 1.54) is 0 Å². The minimum Gasteiger partial charge on any atom is -0.420 e. The lowest BCUT2D eigenvalue weighted by Crippen LogP contribution is -2.47. The summed E-state index contributed by atoms with van der Waals surface area (Å²) in [7, 11) is 0. The van der Waals surface area contributed by atoms with E-state index >= 15 is 0 Å². The Morgan fingerprint density at radius 2 is 1.75 bits per heavy atom. The fraction of sp³-hybridized carbons (Fsp3) is 0.432. The Labute approximate surface area is 364 Å². The first-order chi connectivity index (χ1) is 30.7. The fourth-order valence-corrected chi connectivity index (χ4v) is 7.81. The second-order valence-electron chi connectivity index (χ2n) is 16.0. The zero-order chi connectivity index (χ0) is 45.7. The number of nitrogens with one attached hydrogen (secondary N) is 2. The van der Waals surface area contributed by atoms with Crippen molar-refractivity contribution in [3.05, 3.63) is 87.8 Å². The highest BCUT2D eigenvalue weighted by Crippen LogP contribution is 2.50. The second-order valence-corrected chi connectivity index (χ2v) is 16.0. The van der Waals surface area contributed by atoms with Gasteiger partial charge in [-0.05, 0) is 48.6 Å². The molecule has 16 nitrogen and oxygen atoms in total. The van der Waals surface area contributed by atoms with Crippen LogP contribution in [0.1, 0.15) is 67.8 Å². The lowest BCUT2D eigenvalue weighted by Gasteiger charge is -2.34. The van der Waals surface area contributed by atoms with Crippen molar-refractivity contribution >= 4 is 52.9 Å². The molecule has 0 unspecified atom stereocenters. The summed E-state index contributed by atoms with van der Waals surface area (Å²) in [5.74, 6) is -11.8. The predicted molar refractivity (Wildman–Crippen MR) is 221 cm³/mol. The number of carbonyl (C=O) groups is 5. The van der Waals surface area contributed by atoms with Crippen LogP contribution in [0.5, 0.6) is 5.75 Å². The van der Waals surface area contributed by atoms with Gasteiger partial charge in [-0.15, -0.1) is 0 Å². The molecular formula is C44H47F4N7O9. The Balaban J connectivity index is 0.890. The summed E-state index contributed by atoms with van der Waals surface area (Å²) in [5, 5.41) is 15.0. The normalized spacial score (nSPS) is 18.6. The number of aliphatic hydroxyl groups is 1. The summed E-state index contributed by atoms with van der Waals surface area (Å²) >= 11 is 0. The zero-order valence-corrected chi connectivity index (χ0v) is 34.9. The number of ether oxygens (including phenoxy) is 3. The van der Waals surface area contributed by atoms with Gasteiger partial charge in [-0.2, -0.15) is 8.78 Å². The number of pyridine rings is 1. The summed E-state index contributed by atoms with van der Waals surface area (Å²) in [6.07, 6.45) is 3.89. The third-order valence-electron chi connectivity index (χ3n) is 11.4. The number of esters is 1. The van der Waals surface area contributed by atoms with Crippen LogP contribution in [-0.2, 0) is 51.8 Å². The van der Waals surface area contributed by atoms with Crippen molar-refractivity contribution in [3.63, 3.8) is 0 Å². The molecule has 0 spiro atoms. The number of nitrogens with two attached hydrogens (primary N) is 1. The SMILES string of the molecule is CCCN(CCO)C(=O)C1=Cc2ccc(C3(C(=O)Nc4cnc5c(c4)CN(C(=O)C4COC(CNC(=O)CCC(=O)Oc6c(F)c(F)cc(F)c6F)OC4)CC5)CC3)cc2N=C(N)C1. The van der Waals surface area contributed by atoms with Gasteiger partial charge in [0.1, 0.15) is 5.84 Å². The third-order valence-corrected chi connectivity index (χ3v) is 11.4. The van der Waals surface area contributed by atoms with E-state index < -0.39 is 71.4 Å². The summed E-state index contributed by atoms with van der Waals surface area (Å²) in [6, 6.07) is 7.32. The number of halogens is 4. The van der Waals surface area contributed by atoms with Crippen molar-refractivity contribution < 1.29 is 60.9 Å². The van der Waals surface area contributed by atoms with Gasteiger partial charge in [0.25, 0.3) is 0 Å². The molecule has 340 valence electrons. The van der Waals surface area contributed by atoms with E-state index in [2.05, 4.69) is 25.3 Å². The lowest BCUT2D eigenvalue weighted by molar-refractivity contribution is -0.203. The number of aliphatic hydroxyl groups excluding tert-OH is 1. The minimum atomic E-state index is -1.89. The Bertz CT molecular complexity index is 2370. The number of fused-ring (bicyclic) bond motifs is 2. The number of hydrogen-bond donors (Lipinski definition) is 4. The molecule has 20 heteroatoms. The molecule has 1 saturated heterocycles. The average molecular weight is 894 g/mol. The van der Waals surface area contributed by atoms with Gasteiger partial charge in [0.2, 0.25) is 41.0 Å². The molecule has 0 atom stereocenters. The molecule has 3 aliphatic heterocycles. The van der Waals surface area contributed by atoms with Gasteiger partial charge in [-0.3, -0.25) is 29.0 Å². The summed E-state index contributed by atoms with van der Waals surface area (Å²) in [5.41, 5.74) is 9.98. The van der Waals surface area contributed by atoms with Crippen molar-refractivity contribution in [2.75, 3.05) is 51.3 Å². The van der Waals surface area contributed by atoms with Gasteiger partial charge in [-0.1, -0.05) is 19.1 Å². The van der Waals surface area contributed by atoms with E-state index in [9.17, 15) is 46.6 Å². The number of aromatic nitrogens is 1. The number of anilines is 1. The number of hydrogen-bond acceptors (Lipinski definition) is 12. The fourth-order valence-electron chi connectivity index (χ4n) is 7.81. The van der Waals surface area contributed by atoms with Crippen LogP contribution >= 0.6 is 0 Å². The van der Waals surface area contributed by atoms with Crippen LogP contribution in [0.25, 0.3) is 6.08 Å². The average Bonchev–Trinajstić information content (AvgIpc) is 4.12. The van der Waals surface area contributed by atoms with Crippen LogP contribution in [0.15, 0.2) is 47.1 Å². The van der Waals surface area contributed by atoms with Crippen molar-refractivity contribution in [1.29, 1.82) is 0 Å². The second kappa shape index (κ2) is 19.6. The maximum absolute atomic E-state index is 13.9. The van der Waals surface area contributed by atoms with Gasteiger partial charge in [0, 0.05) is 68.3 Å². The van der Waals surface area contributed by atoms with E-state index in [0.29, 0.717) is 54.9 Å². The van der Waals surface area contributed by atoms with Gasteiger partial charge in [0.05, 0.1) is 61.7 Å². The number of amidine groups is 1. The molecule has 4 amide bonds. The van der Waals surface area contributed by atoms with Crippen molar-refractivity contribution in [2.45, 2.75) is 70.1 Å². The molecule has 4 heterocycles. The van der Waals surface area contributed by atoms with Crippen molar-refractivity contribution in [2.24, 2.45) is 16.6 Å². The maximum atomic E-state index is 13.9. The van der Waals surface area contributed by atoms with Gasteiger partial charge >= 0.3 is 5.97 Å². The quantitative estimate of drug-likeness (QED) is 0.0748. The molecule has 3 aromatic rings. The first-order valence-electron chi connectivity index (χ1n) is 20.9. The molecule has 1 saturated carbocycles. The van der Waals surface area contributed by atoms with Crippen LogP contribution in [-0.4, -0.2) is 108 Å². The van der Waals surface area contributed by atoms with Gasteiger partial charge in [-0.25, -0.2) is 13.8 Å². The van der Waals surface area contributed by atoms with E-state index in [1.54, 1.807) is 22.1 Å². The van der Waals surface area contributed by atoms with E-state index in [0.717, 1.165) is 23.2 Å². The predicted octanol–water partition coefficient (Wildman–Crippen LogP) is 3.69. The van der Waals surface area contributed by atoms with Crippen LogP contribution in [0.3, 0.4) is 0 Å². The number of nitrogens with zero attached hydrogens (tertiary/aromatic N) is 4. The summed E-state index contributed by atoms with van der Waals surface area (Å²) < 4.78 is 70.1. The first kappa shape index (κ1) is 45.8. The van der Waals surface area contributed by atoms with E-state index in [-0.39, 0.29) is 75.5 Å². The van der Waals surface area contributed by atoms with Crippen LogP contribution < -0.4 is 21.1 Å². The number of carbonyl (C=O) groups excluding carboxylic acids is 5. The molecule has 64 heavy (non-hydrogen) atoms. The Morgan fingerprint density at radius 3 is 2.44 bits per heavy atom. The Hall–Kier alpha value is -6.25. The maximum Gasteiger partial charge on any atom is 0.311 e. The van der Waals surface area contributed by atoms with Crippen LogP contribution in [0, 0.1) is 29.2 Å². The molecule has 1 aromatic heterocycles. The highest BCUT2D eigenvalue weighted by atomic mass is 19.2. The minimum absolute atomic E-state index is 0.00876. The number of amides is 4. The van der Waals surface area contributed by atoms with Crippen LogP contribution in [0.2, 0.25) is 0 Å². The topological polar surface area (TPSA) is 215 Å². The molecular weight excluding hydrogens is 847 g/mol. The van der Waals surface area contributed by atoms with E-state index in [4.69, 9.17) is 15.2 Å². The number of aliphatic imine (C=N–C) groups is 1. The molecule has 0 radical (unpaired) electrons. The highest BCUT2D eigenvalue weighted by molar-refractivity contribution is 6.06. The lowest BCUT2D eigenvalue weighted by atomic mass is 9.92. The monoisotopic (exact) mass is 893 g/mol. The summed E-state index contributed by atoms with van der Waals surface area (Å²) in [4.78, 5) is 77.5. The van der Waals surface area contributed by atoms with Crippen molar-refractivity contribution in [3.8, 4) is 5.75 Å². The first-order valence-corrected chi connectivity index (χ1v) is 20.9. The molecule has 5 N–H and O–H groups in total. The Kier molecular flexibility index (Phi) is 14.0. The molecule has 4 aliphatic rings. The standard InChI is InChI=1S/C44H47F4N7O9/c1-2-10-54(12-13-56)41(59)25-14-24-3-4-28(17-33(24)53-34(49)16-25)44(8-9-44)43(61)52-29-15-26-21-55(11-7-32(26)50-19-29)42(60)27-22-62-37(63-23-27)20-51-35(57)5-6-36(58)64-40-38(47)30(45)18-31(46)39(40)48/h3-4,14-15,17-19,27,37,56H,2,5-13,16,20-23H2,1H3,(H2,49,53)(H,51,57)(H,52,61). The molecule has 0 bridgehead atoms. The third kappa shape index (κ3) is 10.2. The molecule has 1 aliphatic carbocycles. The van der Waals surface area contributed by atoms with Gasteiger partial charge in [0.15, 0.2) is 17.9 Å². The summed E-state index contributed by atoms with van der Waals surface area (Å²) in [6.45, 7) is 2.98. The highest BCUT2D eigenvalue weighted by Gasteiger charge is 2.51. The Morgan fingerprint density at radius 1 is 1.02 bits per heavy atom. The molecule has 2 fully saturated rings. The molecule has 7 rings (SSSR count). The smallest absolute Gasteiger partial charge is 0.311 e.